The van der Waals surface area contributed by atoms with Crippen LogP contribution in [0.2, 0.25) is 0 Å². The molecule has 0 aromatic carbocycles. The van der Waals surface area contributed by atoms with Crippen LogP contribution in [-0.4, -0.2) is 58.3 Å². The molecule has 0 saturated carbocycles. The maximum atomic E-state index is 11.9. The standard InChI is InChI=1S/C12H17N3O4S/c13-6-14-2-4-20-9-5-8-7(1-3-16)11(17)15(8)10(9)12(18)19/h6-8,16H,1-5H2,(H2,13,14)(H,18,19)/t7-,8+/m0/s1. The number of carboxylic acids is 1. The Balaban J connectivity index is 2.05. The number of carboxylic acid groups (broad SMARTS) is 1. The molecule has 7 nitrogen and oxygen atoms in total. The third-order valence-corrected chi connectivity index (χ3v) is 4.63. The van der Waals surface area contributed by atoms with Gasteiger partial charge in [-0.2, -0.15) is 0 Å². The van der Waals surface area contributed by atoms with Crippen LogP contribution in [0.3, 0.4) is 0 Å². The third-order valence-electron chi connectivity index (χ3n) is 3.52. The minimum atomic E-state index is -1.08. The molecule has 1 amide bonds. The third kappa shape index (κ3) is 2.53. The zero-order chi connectivity index (χ0) is 14.7. The second-order valence-corrected chi connectivity index (χ2v) is 5.81. The van der Waals surface area contributed by atoms with E-state index in [1.165, 1.54) is 16.7 Å². The highest BCUT2D eigenvalue weighted by Crippen LogP contribution is 2.46. The maximum absolute atomic E-state index is 11.9. The van der Waals surface area contributed by atoms with Crippen LogP contribution in [0.25, 0.3) is 0 Å². The van der Waals surface area contributed by atoms with Gasteiger partial charge in [-0.3, -0.25) is 10.2 Å². The van der Waals surface area contributed by atoms with E-state index in [1.54, 1.807) is 0 Å². The van der Waals surface area contributed by atoms with Crippen molar-refractivity contribution in [2.45, 2.75) is 18.9 Å². The summed E-state index contributed by atoms with van der Waals surface area (Å²) in [5.41, 5.74) is 0.0917. The number of aliphatic carboxylic acids is 1. The fraction of sp³-hybridized carbons (Fsp3) is 0.583. The quantitative estimate of drug-likeness (QED) is 0.214. The lowest BCUT2D eigenvalue weighted by atomic mass is 9.85. The SMILES string of the molecule is N=CNCCSC1=C(C(=O)O)N2C(=O)[C@@H](CCO)[C@H]2C1. The zero-order valence-corrected chi connectivity index (χ0v) is 11.7. The first-order chi connectivity index (χ1) is 9.61. The summed E-state index contributed by atoms with van der Waals surface area (Å²) in [4.78, 5) is 25.3. The second-order valence-electron chi connectivity index (χ2n) is 4.62. The van der Waals surface area contributed by atoms with Crippen LogP contribution >= 0.6 is 11.8 Å². The van der Waals surface area contributed by atoms with Gasteiger partial charge in [0.25, 0.3) is 0 Å². The number of nitrogens with one attached hydrogen (secondary N) is 2. The normalized spacial score (nSPS) is 24.4. The summed E-state index contributed by atoms with van der Waals surface area (Å²) in [5, 5.41) is 27.8. The summed E-state index contributed by atoms with van der Waals surface area (Å²) < 4.78 is 0. The summed E-state index contributed by atoms with van der Waals surface area (Å²) in [6, 6.07) is -0.112. The molecule has 2 heterocycles. The Morgan fingerprint density at radius 1 is 1.60 bits per heavy atom. The number of carbonyl (C=O) groups is 2. The summed E-state index contributed by atoms with van der Waals surface area (Å²) in [5.74, 6) is -0.895. The van der Waals surface area contributed by atoms with Crippen molar-refractivity contribution in [3.63, 3.8) is 0 Å². The fourth-order valence-corrected chi connectivity index (χ4v) is 3.72. The minimum absolute atomic E-state index is 0.0606. The summed E-state index contributed by atoms with van der Waals surface area (Å²) in [6.45, 7) is 0.512. The van der Waals surface area contributed by atoms with Gasteiger partial charge >= 0.3 is 5.97 Å². The van der Waals surface area contributed by atoms with Gasteiger partial charge in [0.2, 0.25) is 5.91 Å². The minimum Gasteiger partial charge on any atom is -0.477 e. The van der Waals surface area contributed by atoms with Gasteiger partial charge in [0, 0.05) is 30.2 Å². The Bertz CT molecular complexity index is 466. The molecule has 2 aliphatic rings. The van der Waals surface area contributed by atoms with Crippen molar-refractivity contribution in [1.82, 2.24) is 10.2 Å². The molecule has 0 radical (unpaired) electrons. The Hall–Kier alpha value is -1.54. The lowest BCUT2D eigenvalue weighted by Crippen LogP contribution is -2.58. The van der Waals surface area contributed by atoms with Crippen molar-refractivity contribution in [1.29, 1.82) is 5.41 Å². The van der Waals surface area contributed by atoms with Crippen LogP contribution in [0, 0.1) is 11.3 Å². The van der Waals surface area contributed by atoms with E-state index in [9.17, 15) is 14.7 Å². The van der Waals surface area contributed by atoms with Crippen molar-refractivity contribution in [3.8, 4) is 0 Å². The predicted molar refractivity (Wildman–Crippen MR) is 74.4 cm³/mol. The molecule has 8 heteroatoms. The van der Waals surface area contributed by atoms with E-state index in [2.05, 4.69) is 5.32 Å². The van der Waals surface area contributed by atoms with Gasteiger partial charge in [0.1, 0.15) is 5.70 Å². The molecule has 0 aliphatic carbocycles. The molecule has 1 fully saturated rings. The molecule has 2 atom stereocenters. The Labute approximate surface area is 120 Å². The number of amides is 1. The number of hydrogen-bond donors (Lipinski definition) is 4. The van der Waals surface area contributed by atoms with E-state index < -0.39 is 5.97 Å². The van der Waals surface area contributed by atoms with E-state index in [1.807, 2.05) is 0 Å². The number of hydrogen-bond acceptors (Lipinski definition) is 5. The number of fused-ring (bicyclic) bond motifs is 1. The number of aliphatic hydroxyl groups is 1. The first-order valence-corrected chi connectivity index (χ1v) is 7.35. The molecule has 1 saturated heterocycles. The number of rotatable bonds is 8. The number of carbonyl (C=O) groups excluding carboxylic acids is 1. The van der Waals surface area contributed by atoms with Crippen LogP contribution in [-0.2, 0) is 9.59 Å². The Morgan fingerprint density at radius 3 is 2.95 bits per heavy atom. The summed E-state index contributed by atoms with van der Waals surface area (Å²) in [6.07, 6.45) is 2.03. The van der Waals surface area contributed by atoms with Gasteiger partial charge in [0.15, 0.2) is 0 Å². The molecule has 110 valence electrons. The molecule has 20 heavy (non-hydrogen) atoms. The molecule has 2 rings (SSSR count). The maximum Gasteiger partial charge on any atom is 0.353 e. The van der Waals surface area contributed by atoms with Gasteiger partial charge in [-0.25, -0.2) is 4.79 Å². The molecule has 0 spiro atoms. The largest absolute Gasteiger partial charge is 0.477 e. The van der Waals surface area contributed by atoms with Gasteiger partial charge in [-0.05, 0) is 6.42 Å². The lowest BCUT2D eigenvalue weighted by molar-refractivity contribution is -0.155. The smallest absolute Gasteiger partial charge is 0.353 e. The zero-order valence-electron chi connectivity index (χ0n) is 10.8. The average Bonchev–Trinajstić information content (AvgIpc) is 2.76. The first kappa shape index (κ1) is 14.9. The predicted octanol–water partition coefficient (Wildman–Crippen LogP) is -0.174. The van der Waals surface area contributed by atoms with Crippen LogP contribution in [0.5, 0.6) is 0 Å². The molecule has 0 aromatic heterocycles. The Kier molecular flexibility index (Phi) is 4.66. The topological polar surface area (TPSA) is 114 Å². The second kappa shape index (κ2) is 6.27. The molecule has 0 aromatic rings. The van der Waals surface area contributed by atoms with Gasteiger partial charge in [-0.15, -0.1) is 11.8 Å². The number of β-lactam (4-membered cyclic amide) rings is 1. The van der Waals surface area contributed by atoms with Gasteiger partial charge < -0.3 is 20.4 Å². The van der Waals surface area contributed by atoms with Crippen molar-refractivity contribution in [3.05, 3.63) is 10.6 Å². The highest BCUT2D eigenvalue weighted by atomic mass is 32.2. The van der Waals surface area contributed by atoms with E-state index in [0.29, 0.717) is 30.0 Å². The van der Waals surface area contributed by atoms with E-state index in [-0.39, 0.29) is 30.2 Å². The average molecular weight is 299 g/mol. The van der Waals surface area contributed by atoms with Crippen molar-refractivity contribution in [2.24, 2.45) is 5.92 Å². The van der Waals surface area contributed by atoms with Crippen LogP contribution < -0.4 is 5.32 Å². The molecule has 0 unspecified atom stereocenters. The number of nitrogens with zero attached hydrogens (tertiary/aromatic N) is 1. The van der Waals surface area contributed by atoms with E-state index in [4.69, 9.17) is 10.5 Å². The monoisotopic (exact) mass is 299 g/mol. The van der Waals surface area contributed by atoms with Crippen molar-refractivity contribution < 1.29 is 19.8 Å². The van der Waals surface area contributed by atoms with Crippen LogP contribution in [0.1, 0.15) is 12.8 Å². The van der Waals surface area contributed by atoms with Crippen LogP contribution in [0.15, 0.2) is 10.6 Å². The molecular formula is C12H17N3O4S. The van der Waals surface area contributed by atoms with E-state index in [0.717, 1.165) is 6.34 Å². The molecule has 2 aliphatic heterocycles. The highest BCUT2D eigenvalue weighted by Gasteiger charge is 2.54. The Morgan fingerprint density at radius 2 is 2.35 bits per heavy atom. The molecule has 0 bridgehead atoms. The first-order valence-electron chi connectivity index (χ1n) is 6.37. The highest BCUT2D eigenvalue weighted by molar-refractivity contribution is 8.03. The van der Waals surface area contributed by atoms with E-state index >= 15 is 0 Å². The van der Waals surface area contributed by atoms with Gasteiger partial charge in [-0.1, -0.05) is 0 Å². The number of aliphatic hydroxyl groups excluding tert-OH is 1. The van der Waals surface area contributed by atoms with Crippen molar-refractivity contribution in [2.75, 3.05) is 18.9 Å². The summed E-state index contributed by atoms with van der Waals surface area (Å²) in [7, 11) is 0. The van der Waals surface area contributed by atoms with Crippen LogP contribution in [0.4, 0.5) is 0 Å². The lowest BCUT2D eigenvalue weighted by Gasteiger charge is -2.43. The van der Waals surface area contributed by atoms with Crippen molar-refractivity contribution >= 4 is 30.0 Å². The summed E-state index contributed by atoms with van der Waals surface area (Å²) >= 11 is 1.41. The number of thioether (sulfide) groups is 1. The molecule has 4 N–H and O–H groups in total. The van der Waals surface area contributed by atoms with Gasteiger partial charge in [0.05, 0.1) is 18.3 Å². The molecular weight excluding hydrogens is 282 g/mol. The fourth-order valence-electron chi connectivity index (χ4n) is 2.64.